The molecule has 1 unspecified atom stereocenters. The molecule has 1 aliphatic rings. The van der Waals surface area contributed by atoms with Gasteiger partial charge in [0, 0.05) is 11.3 Å². The predicted molar refractivity (Wildman–Crippen MR) is 133 cm³/mol. The zero-order valence-electron chi connectivity index (χ0n) is 19.3. The number of thiazole rings is 1. The van der Waals surface area contributed by atoms with Gasteiger partial charge >= 0.3 is 0 Å². The molecule has 1 atom stereocenters. The van der Waals surface area contributed by atoms with Crippen molar-refractivity contribution in [3.05, 3.63) is 120 Å². The second kappa shape index (κ2) is 8.96. The van der Waals surface area contributed by atoms with Crippen LogP contribution in [0, 0.1) is 19.7 Å². The summed E-state index contributed by atoms with van der Waals surface area (Å²) in [6, 6.07) is 16.4. The van der Waals surface area contributed by atoms with Crippen LogP contribution in [0.4, 0.5) is 10.1 Å². The third-order valence-electron chi connectivity index (χ3n) is 5.88. The van der Waals surface area contributed by atoms with Crippen LogP contribution in [0.1, 0.15) is 35.6 Å². The minimum Gasteiger partial charge on any atom is -0.464 e. The number of fused-ring (bicyclic) bond motifs is 1. The zero-order chi connectivity index (χ0) is 24.7. The van der Waals surface area contributed by atoms with E-state index in [0.717, 1.165) is 16.9 Å². The van der Waals surface area contributed by atoms with Gasteiger partial charge in [-0.15, -0.1) is 0 Å². The Bertz CT molecular complexity index is 1680. The summed E-state index contributed by atoms with van der Waals surface area (Å²) < 4.78 is 21.9. The van der Waals surface area contributed by atoms with Gasteiger partial charge in [0.25, 0.3) is 11.5 Å². The maximum absolute atomic E-state index is 14.3. The molecule has 176 valence electrons. The lowest BCUT2D eigenvalue weighted by molar-refractivity contribution is -0.113. The Labute approximate surface area is 204 Å². The quantitative estimate of drug-likeness (QED) is 0.468. The molecular formula is C27H22FN3O3S. The maximum Gasteiger partial charge on any atom is 0.271 e. The molecule has 1 amide bonds. The SMILES string of the molecule is CC1=C(C(=O)Nc2ccccc2C)C(c2ccc(C)o2)n2c(s/c(=C/c3ccccc3F)c2=O)=N1. The number of carbonyl (C=O) groups is 1. The first kappa shape index (κ1) is 22.7. The monoisotopic (exact) mass is 487 g/mol. The van der Waals surface area contributed by atoms with Crippen LogP contribution in [0.15, 0.2) is 86.1 Å². The van der Waals surface area contributed by atoms with Crippen molar-refractivity contribution >= 4 is 29.0 Å². The van der Waals surface area contributed by atoms with Gasteiger partial charge in [-0.05, 0) is 56.7 Å². The number of hydrogen-bond acceptors (Lipinski definition) is 5. The van der Waals surface area contributed by atoms with E-state index in [1.807, 2.05) is 31.2 Å². The molecule has 6 nitrogen and oxygen atoms in total. The number of anilines is 1. The Hall–Kier alpha value is -4.04. The van der Waals surface area contributed by atoms with Crippen LogP contribution >= 0.6 is 11.3 Å². The molecule has 0 radical (unpaired) electrons. The molecule has 0 saturated carbocycles. The summed E-state index contributed by atoms with van der Waals surface area (Å²) in [5.41, 5.74) is 2.30. The second-order valence-corrected chi connectivity index (χ2v) is 9.33. The lowest BCUT2D eigenvalue weighted by Gasteiger charge is -2.23. The number of nitrogens with zero attached hydrogens (tertiary/aromatic N) is 2. The van der Waals surface area contributed by atoms with E-state index < -0.39 is 11.9 Å². The molecule has 3 heterocycles. The Morgan fingerprint density at radius 1 is 1.09 bits per heavy atom. The number of nitrogens with one attached hydrogen (secondary N) is 1. The van der Waals surface area contributed by atoms with Gasteiger partial charge in [-0.25, -0.2) is 9.38 Å². The molecule has 0 spiro atoms. The number of halogens is 1. The number of aryl methyl sites for hydroxylation is 2. The predicted octanol–water partition coefficient (Wildman–Crippen LogP) is 4.22. The highest BCUT2D eigenvalue weighted by Gasteiger charge is 2.34. The largest absolute Gasteiger partial charge is 0.464 e. The van der Waals surface area contributed by atoms with E-state index in [2.05, 4.69) is 10.3 Å². The number of benzene rings is 2. The molecule has 0 bridgehead atoms. The number of aromatic nitrogens is 1. The average molecular weight is 488 g/mol. The van der Waals surface area contributed by atoms with Gasteiger partial charge < -0.3 is 9.73 Å². The summed E-state index contributed by atoms with van der Waals surface area (Å²) in [6.45, 7) is 5.44. The minimum absolute atomic E-state index is 0.302. The summed E-state index contributed by atoms with van der Waals surface area (Å²) in [6.07, 6.45) is 1.51. The standard InChI is InChI=1S/C27H22FN3O3S/c1-15-8-4-7-11-20(15)30-25(32)23-17(3)29-27-31(24(23)21-13-12-16(2)34-21)26(33)22(35-27)14-18-9-5-6-10-19(18)28/h4-14,24H,1-3H3,(H,30,32)/b22-14+. The first-order valence-electron chi connectivity index (χ1n) is 11.0. The molecule has 5 rings (SSSR count). The van der Waals surface area contributed by atoms with Gasteiger partial charge in [0.15, 0.2) is 4.80 Å². The molecule has 0 saturated heterocycles. The van der Waals surface area contributed by atoms with E-state index in [1.165, 1.54) is 16.7 Å². The maximum atomic E-state index is 14.3. The van der Waals surface area contributed by atoms with Gasteiger partial charge in [0.1, 0.15) is 23.4 Å². The van der Waals surface area contributed by atoms with Crippen LogP contribution in [0.3, 0.4) is 0 Å². The summed E-state index contributed by atoms with van der Waals surface area (Å²) in [5, 5.41) is 2.95. The smallest absolute Gasteiger partial charge is 0.271 e. The van der Waals surface area contributed by atoms with Crippen LogP contribution in [0.5, 0.6) is 0 Å². The summed E-state index contributed by atoms with van der Waals surface area (Å²) in [5.74, 6) is 0.307. The first-order valence-corrected chi connectivity index (χ1v) is 11.9. The average Bonchev–Trinajstić information content (AvgIpc) is 3.39. The number of rotatable bonds is 4. The Morgan fingerprint density at radius 2 is 1.83 bits per heavy atom. The van der Waals surface area contributed by atoms with Gasteiger partial charge in [0.2, 0.25) is 0 Å². The highest BCUT2D eigenvalue weighted by molar-refractivity contribution is 7.07. The van der Waals surface area contributed by atoms with Crippen molar-refractivity contribution in [3.8, 4) is 0 Å². The number of para-hydroxylation sites is 1. The van der Waals surface area contributed by atoms with Crippen LogP contribution in [-0.4, -0.2) is 10.5 Å². The van der Waals surface area contributed by atoms with Gasteiger partial charge in [-0.2, -0.15) is 0 Å². The number of amides is 1. The number of carbonyl (C=O) groups excluding carboxylic acids is 1. The third kappa shape index (κ3) is 4.17. The summed E-state index contributed by atoms with van der Waals surface area (Å²) >= 11 is 1.15. The molecule has 0 fully saturated rings. The van der Waals surface area contributed by atoms with Crippen LogP contribution in [-0.2, 0) is 4.79 Å². The van der Waals surface area contributed by atoms with Crippen molar-refractivity contribution in [2.75, 3.05) is 5.32 Å². The van der Waals surface area contributed by atoms with Crippen molar-refractivity contribution in [2.45, 2.75) is 26.8 Å². The molecule has 4 aromatic rings. The molecule has 0 aliphatic carbocycles. The fourth-order valence-electron chi connectivity index (χ4n) is 4.12. The summed E-state index contributed by atoms with van der Waals surface area (Å²) in [4.78, 5) is 32.1. The van der Waals surface area contributed by atoms with Crippen molar-refractivity contribution in [3.63, 3.8) is 0 Å². The van der Waals surface area contributed by atoms with E-state index >= 15 is 0 Å². The van der Waals surface area contributed by atoms with E-state index in [-0.39, 0.29) is 11.5 Å². The molecular weight excluding hydrogens is 465 g/mol. The lowest BCUT2D eigenvalue weighted by Crippen LogP contribution is -2.40. The molecule has 8 heteroatoms. The van der Waals surface area contributed by atoms with Crippen molar-refractivity contribution in [1.82, 2.24) is 4.57 Å². The third-order valence-corrected chi connectivity index (χ3v) is 6.86. The number of hydrogen-bond donors (Lipinski definition) is 1. The zero-order valence-corrected chi connectivity index (χ0v) is 20.2. The van der Waals surface area contributed by atoms with Crippen molar-refractivity contribution in [1.29, 1.82) is 0 Å². The van der Waals surface area contributed by atoms with Crippen LogP contribution in [0.2, 0.25) is 0 Å². The van der Waals surface area contributed by atoms with E-state index in [4.69, 9.17) is 4.42 Å². The molecule has 35 heavy (non-hydrogen) atoms. The minimum atomic E-state index is -0.813. The highest BCUT2D eigenvalue weighted by atomic mass is 32.1. The number of allylic oxidation sites excluding steroid dienone is 1. The topological polar surface area (TPSA) is 76.6 Å². The van der Waals surface area contributed by atoms with Gasteiger partial charge in [0.05, 0.1) is 15.8 Å². The fraction of sp³-hybridized carbons (Fsp3) is 0.148. The fourth-order valence-corrected chi connectivity index (χ4v) is 5.16. The number of furan rings is 1. The van der Waals surface area contributed by atoms with E-state index in [1.54, 1.807) is 44.2 Å². The molecule has 1 aliphatic heterocycles. The normalized spacial score (nSPS) is 15.7. The Kier molecular flexibility index (Phi) is 5.82. The Balaban J connectivity index is 1.68. The molecule has 1 N–H and O–H groups in total. The van der Waals surface area contributed by atoms with Gasteiger partial charge in [-0.3, -0.25) is 14.2 Å². The highest BCUT2D eigenvalue weighted by Crippen LogP contribution is 2.32. The van der Waals surface area contributed by atoms with Crippen molar-refractivity contribution in [2.24, 2.45) is 4.99 Å². The van der Waals surface area contributed by atoms with Gasteiger partial charge in [-0.1, -0.05) is 47.7 Å². The Morgan fingerprint density at radius 3 is 2.54 bits per heavy atom. The van der Waals surface area contributed by atoms with Crippen molar-refractivity contribution < 1.29 is 13.6 Å². The van der Waals surface area contributed by atoms with Crippen LogP contribution in [0.25, 0.3) is 6.08 Å². The summed E-state index contributed by atoms with van der Waals surface area (Å²) in [7, 11) is 0. The first-order chi connectivity index (χ1) is 16.8. The van der Waals surface area contributed by atoms with E-state index in [0.29, 0.717) is 43.4 Å². The van der Waals surface area contributed by atoms with E-state index in [9.17, 15) is 14.0 Å². The second-order valence-electron chi connectivity index (χ2n) is 8.32. The lowest BCUT2D eigenvalue weighted by atomic mass is 10.00. The van der Waals surface area contributed by atoms with Crippen LogP contribution < -0.4 is 20.2 Å². The molecule has 2 aromatic heterocycles. The molecule has 2 aromatic carbocycles.